The Morgan fingerprint density at radius 1 is 1.33 bits per heavy atom. The second-order valence-corrected chi connectivity index (χ2v) is 6.05. The molecule has 124 valence electrons. The summed E-state index contributed by atoms with van der Waals surface area (Å²) in [5, 5.41) is 12.7. The summed E-state index contributed by atoms with van der Waals surface area (Å²) in [6, 6.07) is 11.0. The van der Waals surface area contributed by atoms with Crippen molar-refractivity contribution in [1.82, 2.24) is 4.98 Å². The molecule has 1 amide bonds. The molecular weight excluding hydrogens is 324 g/mol. The lowest BCUT2D eigenvalue weighted by molar-refractivity contribution is -0.113. The van der Waals surface area contributed by atoms with E-state index in [9.17, 15) is 10.1 Å². The molecule has 2 rings (SSSR count). The third-order valence-electron chi connectivity index (χ3n) is 3.20. The second-order valence-electron chi connectivity index (χ2n) is 5.08. The summed E-state index contributed by atoms with van der Waals surface area (Å²) in [4.78, 5) is 18.1. The first-order valence-electron chi connectivity index (χ1n) is 7.18. The van der Waals surface area contributed by atoms with E-state index >= 15 is 0 Å². The highest BCUT2D eigenvalue weighted by Crippen LogP contribution is 2.27. The zero-order valence-electron chi connectivity index (χ0n) is 13.7. The number of hydrogen-bond acceptors (Lipinski definition) is 6. The number of nitrogens with one attached hydrogen (secondary N) is 1. The number of ether oxygens (including phenoxy) is 1. The summed E-state index contributed by atoms with van der Waals surface area (Å²) >= 11 is 1.24. The monoisotopic (exact) mass is 342 g/mol. The predicted octanol–water partition coefficient (Wildman–Crippen LogP) is 2.76. The average Bonchev–Trinajstić information content (AvgIpc) is 2.60. The molecule has 1 aromatic carbocycles. The van der Waals surface area contributed by atoms with Crippen molar-refractivity contribution in [2.45, 2.75) is 5.03 Å². The van der Waals surface area contributed by atoms with Crippen LogP contribution in [0.2, 0.25) is 0 Å². The highest BCUT2D eigenvalue weighted by atomic mass is 32.2. The molecule has 0 aliphatic heterocycles. The van der Waals surface area contributed by atoms with E-state index in [2.05, 4.69) is 16.4 Å². The summed E-state index contributed by atoms with van der Waals surface area (Å²) in [7, 11) is 5.31. The van der Waals surface area contributed by atoms with Crippen LogP contribution in [0.25, 0.3) is 0 Å². The van der Waals surface area contributed by atoms with Gasteiger partial charge in [0.1, 0.15) is 22.4 Å². The fourth-order valence-corrected chi connectivity index (χ4v) is 2.80. The number of carbonyl (C=O) groups is 1. The number of nitrogens with zero attached hydrogens (tertiary/aromatic N) is 3. The Hall–Kier alpha value is -2.72. The van der Waals surface area contributed by atoms with Crippen LogP contribution in [0.1, 0.15) is 5.56 Å². The van der Waals surface area contributed by atoms with Crippen LogP contribution in [-0.4, -0.2) is 37.8 Å². The van der Waals surface area contributed by atoms with E-state index in [1.54, 1.807) is 43.6 Å². The predicted molar refractivity (Wildman–Crippen MR) is 95.6 cm³/mol. The van der Waals surface area contributed by atoms with Gasteiger partial charge in [-0.3, -0.25) is 4.79 Å². The van der Waals surface area contributed by atoms with E-state index in [1.807, 2.05) is 19.0 Å². The van der Waals surface area contributed by atoms with Crippen LogP contribution < -0.4 is 15.0 Å². The first-order valence-corrected chi connectivity index (χ1v) is 8.17. The second kappa shape index (κ2) is 8.22. The maximum atomic E-state index is 12.1. The fourth-order valence-electron chi connectivity index (χ4n) is 2.03. The molecule has 0 spiro atoms. The number of aromatic nitrogens is 1. The Balaban J connectivity index is 2.01. The topological polar surface area (TPSA) is 78.2 Å². The number of methoxy groups -OCH3 is 1. The Labute approximate surface area is 145 Å². The van der Waals surface area contributed by atoms with E-state index in [-0.39, 0.29) is 11.7 Å². The Kier molecular flexibility index (Phi) is 6.04. The van der Waals surface area contributed by atoms with Crippen molar-refractivity contribution in [2.75, 3.05) is 37.2 Å². The SMILES string of the molecule is COc1ccc(NC(=O)CSc2nccc(N(C)C)c2C#N)cc1. The van der Waals surface area contributed by atoms with Crippen LogP contribution in [0.3, 0.4) is 0 Å². The van der Waals surface area contributed by atoms with E-state index in [0.717, 1.165) is 11.4 Å². The Morgan fingerprint density at radius 2 is 2.04 bits per heavy atom. The number of pyridine rings is 1. The minimum absolute atomic E-state index is 0.161. The van der Waals surface area contributed by atoms with Gasteiger partial charge in [-0.2, -0.15) is 5.26 Å². The van der Waals surface area contributed by atoms with Crippen LogP contribution in [0.15, 0.2) is 41.6 Å². The number of benzene rings is 1. The quantitative estimate of drug-likeness (QED) is 0.813. The summed E-state index contributed by atoms with van der Waals surface area (Å²) in [5.74, 6) is 0.738. The summed E-state index contributed by atoms with van der Waals surface area (Å²) in [6.07, 6.45) is 1.64. The van der Waals surface area contributed by atoms with Gasteiger partial charge in [-0.25, -0.2) is 4.98 Å². The zero-order valence-corrected chi connectivity index (χ0v) is 14.6. The lowest BCUT2D eigenvalue weighted by Crippen LogP contribution is -2.15. The van der Waals surface area contributed by atoms with Gasteiger partial charge in [-0.05, 0) is 30.3 Å². The summed E-state index contributed by atoms with van der Waals surface area (Å²) in [5.41, 5.74) is 1.95. The Morgan fingerprint density at radius 3 is 2.62 bits per heavy atom. The molecule has 0 atom stereocenters. The van der Waals surface area contributed by atoms with Crippen molar-refractivity contribution in [1.29, 1.82) is 5.26 Å². The van der Waals surface area contributed by atoms with Gasteiger partial charge in [0.15, 0.2) is 0 Å². The molecule has 1 N–H and O–H groups in total. The summed E-state index contributed by atoms with van der Waals surface area (Å²) < 4.78 is 5.08. The zero-order chi connectivity index (χ0) is 17.5. The molecule has 24 heavy (non-hydrogen) atoms. The molecule has 0 aliphatic carbocycles. The third kappa shape index (κ3) is 4.40. The normalized spacial score (nSPS) is 9.92. The molecule has 7 heteroatoms. The lowest BCUT2D eigenvalue weighted by atomic mass is 10.2. The molecule has 1 aromatic heterocycles. The smallest absolute Gasteiger partial charge is 0.234 e. The van der Waals surface area contributed by atoms with Crippen molar-refractivity contribution in [3.8, 4) is 11.8 Å². The minimum Gasteiger partial charge on any atom is -0.497 e. The standard InChI is InChI=1S/C17H18N4O2S/c1-21(2)15-8-9-19-17(14(15)10-18)24-11-16(22)20-12-4-6-13(23-3)7-5-12/h4-9H,11H2,1-3H3,(H,20,22). The minimum atomic E-state index is -0.161. The number of carbonyl (C=O) groups excluding carboxylic acids is 1. The highest BCUT2D eigenvalue weighted by Gasteiger charge is 2.13. The first-order chi connectivity index (χ1) is 11.5. The number of rotatable bonds is 6. The maximum Gasteiger partial charge on any atom is 0.234 e. The third-order valence-corrected chi connectivity index (χ3v) is 4.19. The van der Waals surface area contributed by atoms with Crippen molar-refractivity contribution >= 4 is 29.0 Å². The Bertz CT molecular complexity index is 754. The number of thioether (sulfide) groups is 1. The molecule has 0 bridgehead atoms. The van der Waals surface area contributed by atoms with Gasteiger partial charge in [0.25, 0.3) is 0 Å². The van der Waals surface area contributed by atoms with Gasteiger partial charge in [-0.15, -0.1) is 0 Å². The van der Waals surface area contributed by atoms with Crippen molar-refractivity contribution in [2.24, 2.45) is 0 Å². The molecule has 2 aromatic rings. The molecule has 0 saturated carbocycles. The highest BCUT2D eigenvalue weighted by molar-refractivity contribution is 8.00. The first kappa shape index (κ1) is 17.6. The van der Waals surface area contributed by atoms with Gasteiger partial charge in [0, 0.05) is 26.0 Å². The van der Waals surface area contributed by atoms with E-state index in [4.69, 9.17) is 4.74 Å². The maximum absolute atomic E-state index is 12.1. The molecule has 1 heterocycles. The number of anilines is 2. The molecule has 0 radical (unpaired) electrons. The number of nitriles is 1. The van der Waals surface area contributed by atoms with Crippen molar-refractivity contribution < 1.29 is 9.53 Å². The lowest BCUT2D eigenvalue weighted by Gasteiger charge is -2.15. The van der Waals surface area contributed by atoms with Crippen LogP contribution in [0.5, 0.6) is 5.75 Å². The van der Waals surface area contributed by atoms with Gasteiger partial charge in [0.05, 0.1) is 18.6 Å². The van der Waals surface area contributed by atoms with Crippen LogP contribution >= 0.6 is 11.8 Å². The van der Waals surface area contributed by atoms with Crippen molar-refractivity contribution in [3.63, 3.8) is 0 Å². The van der Waals surface area contributed by atoms with Gasteiger partial charge in [0.2, 0.25) is 5.91 Å². The van der Waals surface area contributed by atoms with Crippen LogP contribution in [-0.2, 0) is 4.79 Å². The van der Waals surface area contributed by atoms with Gasteiger partial charge in [-0.1, -0.05) is 11.8 Å². The summed E-state index contributed by atoms with van der Waals surface area (Å²) in [6.45, 7) is 0. The fraction of sp³-hybridized carbons (Fsp3) is 0.235. The van der Waals surface area contributed by atoms with E-state index in [1.165, 1.54) is 11.8 Å². The average molecular weight is 342 g/mol. The number of hydrogen-bond donors (Lipinski definition) is 1. The largest absolute Gasteiger partial charge is 0.497 e. The van der Waals surface area contributed by atoms with Crippen LogP contribution in [0.4, 0.5) is 11.4 Å². The molecule has 0 fully saturated rings. The molecule has 0 saturated heterocycles. The van der Waals surface area contributed by atoms with E-state index < -0.39 is 0 Å². The molecule has 0 aliphatic rings. The molecule has 0 unspecified atom stereocenters. The molecule has 6 nitrogen and oxygen atoms in total. The van der Waals surface area contributed by atoms with E-state index in [0.29, 0.717) is 16.3 Å². The van der Waals surface area contributed by atoms with Gasteiger partial charge < -0.3 is 15.0 Å². The molecular formula is C17H18N4O2S. The number of amides is 1. The van der Waals surface area contributed by atoms with Crippen LogP contribution in [0, 0.1) is 11.3 Å². The van der Waals surface area contributed by atoms with Crippen molar-refractivity contribution in [3.05, 3.63) is 42.1 Å². The van der Waals surface area contributed by atoms with Gasteiger partial charge >= 0.3 is 0 Å².